The van der Waals surface area contributed by atoms with Crippen LogP contribution < -0.4 is 4.72 Å². The second kappa shape index (κ2) is 4.96. The van der Waals surface area contributed by atoms with Gasteiger partial charge < -0.3 is 0 Å². The van der Waals surface area contributed by atoms with Crippen LogP contribution in [0.1, 0.15) is 12.0 Å². The standard InChI is InChI=1S/C11H14ClNO4S2/c1-8-6-9(12)2-3-11(8)13-19(16,17)10-4-5-18(14,15)7-10/h2-3,6,10,13H,4-5,7H2,1H3/t10-/m1/s1. The monoisotopic (exact) mass is 323 g/mol. The zero-order valence-electron chi connectivity index (χ0n) is 10.3. The van der Waals surface area contributed by atoms with Gasteiger partial charge in [-0.05, 0) is 37.1 Å². The van der Waals surface area contributed by atoms with Crippen LogP contribution in [0.4, 0.5) is 5.69 Å². The summed E-state index contributed by atoms with van der Waals surface area (Å²) >= 11 is 5.80. The van der Waals surface area contributed by atoms with Gasteiger partial charge in [0.15, 0.2) is 9.84 Å². The maximum Gasteiger partial charge on any atom is 0.236 e. The van der Waals surface area contributed by atoms with E-state index in [0.29, 0.717) is 16.3 Å². The molecule has 1 N–H and O–H groups in total. The minimum atomic E-state index is -3.69. The summed E-state index contributed by atoms with van der Waals surface area (Å²) in [5, 5.41) is -0.364. The van der Waals surface area contributed by atoms with Crippen LogP contribution in [-0.2, 0) is 19.9 Å². The maximum absolute atomic E-state index is 12.1. The lowest BCUT2D eigenvalue weighted by atomic mass is 10.2. The summed E-state index contributed by atoms with van der Waals surface area (Å²) in [6.45, 7) is 1.73. The average Bonchev–Trinajstić information content (AvgIpc) is 2.64. The summed E-state index contributed by atoms with van der Waals surface area (Å²) in [4.78, 5) is 0. The van der Waals surface area contributed by atoms with Gasteiger partial charge >= 0.3 is 0 Å². The van der Waals surface area contributed by atoms with Crippen molar-refractivity contribution in [1.82, 2.24) is 0 Å². The van der Waals surface area contributed by atoms with Crippen LogP contribution in [0.15, 0.2) is 18.2 Å². The number of halogens is 1. The van der Waals surface area contributed by atoms with Gasteiger partial charge in [-0.3, -0.25) is 4.72 Å². The number of anilines is 1. The first-order valence-electron chi connectivity index (χ1n) is 5.68. The molecule has 106 valence electrons. The Balaban J connectivity index is 2.23. The van der Waals surface area contributed by atoms with Crippen molar-refractivity contribution in [1.29, 1.82) is 0 Å². The topological polar surface area (TPSA) is 80.3 Å². The van der Waals surface area contributed by atoms with Crippen LogP contribution in [-0.4, -0.2) is 33.6 Å². The Labute approximate surface area is 117 Å². The van der Waals surface area contributed by atoms with Crippen molar-refractivity contribution in [3.8, 4) is 0 Å². The molecule has 0 unspecified atom stereocenters. The fourth-order valence-electron chi connectivity index (χ4n) is 1.98. The number of aryl methyl sites for hydroxylation is 1. The zero-order chi connectivity index (χ0) is 14.3. The average molecular weight is 324 g/mol. The Bertz CT molecular complexity index is 697. The molecule has 1 atom stereocenters. The van der Waals surface area contributed by atoms with Gasteiger partial charge in [0.05, 0.1) is 22.4 Å². The Morgan fingerprint density at radius 2 is 2.05 bits per heavy atom. The van der Waals surface area contributed by atoms with E-state index in [1.54, 1.807) is 25.1 Å². The maximum atomic E-state index is 12.1. The highest BCUT2D eigenvalue weighted by Gasteiger charge is 2.37. The lowest BCUT2D eigenvalue weighted by molar-refractivity contribution is 0.587. The minimum Gasteiger partial charge on any atom is -0.283 e. The highest BCUT2D eigenvalue weighted by Crippen LogP contribution is 2.24. The smallest absolute Gasteiger partial charge is 0.236 e. The van der Waals surface area contributed by atoms with Crippen molar-refractivity contribution in [3.63, 3.8) is 0 Å². The minimum absolute atomic E-state index is 0.0713. The quantitative estimate of drug-likeness (QED) is 0.915. The van der Waals surface area contributed by atoms with E-state index in [1.165, 1.54) is 0 Å². The van der Waals surface area contributed by atoms with Crippen molar-refractivity contribution in [2.45, 2.75) is 18.6 Å². The summed E-state index contributed by atoms with van der Waals surface area (Å²) in [5.41, 5.74) is 1.12. The molecule has 0 aliphatic carbocycles. The molecular weight excluding hydrogens is 310 g/mol. The first-order valence-corrected chi connectivity index (χ1v) is 9.42. The molecule has 1 fully saturated rings. The summed E-state index contributed by atoms with van der Waals surface area (Å²) in [6, 6.07) is 4.79. The summed E-state index contributed by atoms with van der Waals surface area (Å²) < 4.78 is 49.4. The lowest BCUT2D eigenvalue weighted by Gasteiger charge is -2.14. The van der Waals surface area contributed by atoms with Crippen LogP contribution in [0, 0.1) is 6.92 Å². The number of nitrogens with one attached hydrogen (secondary N) is 1. The molecular formula is C11H14ClNO4S2. The third-order valence-corrected chi connectivity index (χ3v) is 7.07. The predicted molar refractivity (Wildman–Crippen MR) is 75.8 cm³/mol. The fourth-order valence-corrected chi connectivity index (χ4v) is 6.37. The molecule has 0 spiro atoms. The van der Waals surface area contributed by atoms with Gasteiger partial charge in [0.1, 0.15) is 0 Å². The SMILES string of the molecule is Cc1cc(Cl)ccc1NS(=O)(=O)[C@@H]1CCS(=O)(=O)C1. The second-order valence-electron chi connectivity index (χ2n) is 4.63. The van der Waals surface area contributed by atoms with Crippen LogP contribution >= 0.6 is 11.6 Å². The summed E-state index contributed by atoms with van der Waals surface area (Å²) in [7, 11) is -6.92. The molecule has 1 aliphatic rings. The van der Waals surface area contributed by atoms with Crippen LogP contribution in [0.5, 0.6) is 0 Å². The number of sulfonamides is 1. The van der Waals surface area contributed by atoms with Gasteiger partial charge in [-0.2, -0.15) is 0 Å². The highest BCUT2D eigenvalue weighted by molar-refractivity contribution is 7.97. The van der Waals surface area contributed by atoms with Crippen molar-refractivity contribution in [3.05, 3.63) is 28.8 Å². The van der Waals surface area contributed by atoms with E-state index in [9.17, 15) is 16.8 Å². The number of hydrogen-bond acceptors (Lipinski definition) is 4. The molecule has 0 radical (unpaired) electrons. The Morgan fingerprint density at radius 1 is 1.37 bits per heavy atom. The Kier molecular flexibility index (Phi) is 3.81. The van der Waals surface area contributed by atoms with Gasteiger partial charge in [-0.25, -0.2) is 16.8 Å². The molecule has 1 aromatic rings. The van der Waals surface area contributed by atoms with Crippen LogP contribution in [0.3, 0.4) is 0 Å². The van der Waals surface area contributed by atoms with Gasteiger partial charge in [0, 0.05) is 5.02 Å². The summed E-state index contributed by atoms with van der Waals surface area (Å²) in [5.74, 6) is -0.382. The van der Waals surface area contributed by atoms with Gasteiger partial charge in [-0.15, -0.1) is 0 Å². The molecule has 2 rings (SSSR count). The molecule has 1 aromatic carbocycles. The Hall–Kier alpha value is -0.790. The number of sulfone groups is 1. The van der Waals surface area contributed by atoms with E-state index in [-0.39, 0.29) is 17.9 Å². The Morgan fingerprint density at radius 3 is 2.58 bits per heavy atom. The van der Waals surface area contributed by atoms with E-state index >= 15 is 0 Å². The molecule has 1 saturated heterocycles. The fraction of sp³-hybridized carbons (Fsp3) is 0.455. The van der Waals surface area contributed by atoms with E-state index < -0.39 is 25.1 Å². The van der Waals surface area contributed by atoms with Crippen LogP contribution in [0.2, 0.25) is 5.02 Å². The highest BCUT2D eigenvalue weighted by atomic mass is 35.5. The number of hydrogen-bond donors (Lipinski definition) is 1. The first kappa shape index (κ1) is 14.6. The van der Waals surface area contributed by atoms with Crippen LogP contribution in [0.25, 0.3) is 0 Å². The largest absolute Gasteiger partial charge is 0.283 e. The molecule has 19 heavy (non-hydrogen) atoms. The predicted octanol–water partition coefficient (Wildman–Crippen LogP) is 1.58. The molecule has 8 heteroatoms. The number of benzene rings is 1. The van der Waals surface area contributed by atoms with E-state index in [2.05, 4.69) is 4.72 Å². The lowest BCUT2D eigenvalue weighted by Crippen LogP contribution is -2.29. The third kappa shape index (κ3) is 3.40. The normalized spacial score (nSPS) is 22.3. The summed E-state index contributed by atoms with van der Waals surface area (Å²) in [6.07, 6.45) is 0.143. The third-order valence-electron chi connectivity index (χ3n) is 3.07. The van der Waals surface area contributed by atoms with E-state index in [4.69, 9.17) is 11.6 Å². The molecule has 1 heterocycles. The second-order valence-corrected chi connectivity index (χ2v) is 9.26. The molecule has 0 saturated carbocycles. The molecule has 1 aliphatic heterocycles. The van der Waals surface area contributed by atoms with Crippen molar-refractivity contribution in [2.75, 3.05) is 16.2 Å². The van der Waals surface area contributed by atoms with Crippen molar-refractivity contribution in [2.24, 2.45) is 0 Å². The molecule has 5 nitrogen and oxygen atoms in total. The van der Waals surface area contributed by atoms with Crippen molar-refractivity contribution < 1.29 is 16.8 Å². The molecule has 0 amide bonds. The van der Waals surface area contributed by atoms with Gasteiger partial charge in [0.2, 0.25) is 10.0 Å². The molecule has 0 aromatic heterocycles. The zero-order valence-corrected chi connectivity index (χ0v) is 12.6. The first-order chi connectivity index (χ1) is 8.70. The van der Waals surface area contributed by atoms with Gasteiger partial charge in [-0.1, -0.05) is 11.6 Å². The van der Waals surface area contributed by atoms with E-state index in [0.717, 1.165) is 0 Å². The van der Waals surface area contributed by atoms with Gasteiger partial charge in [0.25, 0.3) is 0 Å². The number of rotatable bonds is 3. The molecule has 0 bridgehead atoms. The van der Waals surface area contributed by atoms with E-state index in [1.807, 2.05) is 0 Å². The van der Waals surface area contributed by atoms with Crippen molar-refractivity contribution >= 4 is 37.1 Å².